The van der Waals surface area contributed by atoms with Gasteiger partial charge in [0.25, 0.3) is 5.91 Å². The summed E-state index contributed by atoms with van der Waals surface area (Å²) in [5.41, 5.74) is 6.53. The summed E-state index contributed by atoms with van der Waals surface area (Å²) in [6.07, 6.45) is 1.45. The molecule has 3 aromatic rings. The molecule has 9 nitrogen and oxygen atoms in total. The molecule has 1 unspecified atom stereocenters. The molecule has 0 radical (unpaired) electrons. The fourth-order valence-corrected chi connectivity index (χ4v) is 3.63. The number of anilines is 2. The Kier molecular flexibility index (Phi) is 6.93. The smallest absolute Gasteiger partial charge is 0.361 e. The molecule has 0 aliphatic rings. The summed E-state index contributed by atoms with van der Waals surface area (Å²) in [5.74, 6) is -2.17. The number of nitrogen functional groups attached to an aromatic ring is 1. The van der Waals surface area contributed by atoms with Gasteiger partial charge in [0, 0.05) is 17.3 Å². The highest BCUT2D eigenvalue weighted by Crippen LogP contribution is 2.36. The van der Waals surface area contributed by atoms with E-state index in [1.165, 1.54) is 30.7 Å². The molecule has 1 aromatic carbocycles. The summed E-state index contributed by atoms with van der Waals surface area (Å²) in [5, 5.41) is 2.94. The number of nitrogens with one attached hydrogen (secondary N) is 1. The Morgan fingerprint density at radius 2 is 1.84 bits per heavy atom. The van der Waals surface area contributed by atoms with Gasteiger partial charge in [-0.3, -0.25) is 4.79 Å². The number of rotatable bonds is 7. The lowest BCUT2D eigenvalue weighted by atomic mass is 10.1. The van der Waals surface area contributed by atoms with E-state index < -0.39 is 23.9 Å². The van der Waals surface area contributed by atoms with Gasteiger partial charge in [-0.15, -0.1) is 11.3 Å². The first-order valence-corrected chi connectivity index (χ1v) is 10.2. The van der Waals surface area contributed by atoms with Crippen molar-refractivity contribution in [3.05, 3.63) is 60.0 Å². The maximum Gasteiger partial charge on any atom is 0.361 e. The van der Waals surface area contributed by atoms with E-state index in [1.807, 2.05) is 30.3 Å². The Morgan fingerprint density at radius 3 is 2.52 bits per heavy atom. The molecule has 2 heterocycles. The number of benzene rings is 1. The van der Waals surface area contributed by atoms with Crippen molar-refractivity contribution in [2.45, 2.75) is 20.0 Å². The van der Waals surface area contributed by atoms with Gasteiger partial charge in [0.1, 0.15) is 5.00 Å². The van der Waals surface area contributed by atoms with E-state index in [9.17, 15) is 14.4 Å². The lowest BCUT2D eigenvalue weighted by Gasteiger charge is -2.13. The van der Waals surface area contributed by atoms with Crippen LogP contribution in [0, 0.1) is 0 Å². The van der Waals surface area contributed by atoms with E-state index in [4.69, 9.17) is 15.2 Å². The number of carbonyl (C=O) groups is 3. The van der Waals surface area contributed by atoms with E-state index in [1.54, 1.807) is 13.0 Å². The second-order valence-electron chi connectivity index (χ2n) is 6.27. The van der Waals surface area contributed by atoms with Gasteiger partial charge < -0.3 is 20.5 Å². The number of nitrogens with zero attached hydrogens (tertiary/aromatic N) is 2. The highest BCUT2D eigenvalue weighted by Gasteiger charge is 2.25. The second kappa shape index (κ2) is 9.81. The summed E-state index contributed by atoms with van der Waals surface area (Å²) in [4.78, 5) is 45.6. The van der Waals surface area contributed by atoms with Gasteiger partial charge in [-0.05, 0) is 25.5 Å². The average Bonchev–Trinajstić information content (AvgIpc) is 3.18. The van der Waals surface area contributed by atoms with Crippen LogP contribution >= 0.6 is 11.3 Å². The molecule has 0 aliphatic carbocycles. The van der Waals surface area contributed by atoms with Crippen LogP contribution in [0.15, 0.2) is 48.8 Å². The van der Waals surface area contributed by atoms with Crippen molar-refractivity contribution < 1.29 is 23.9 Å². The fraction of sp³-hybridized carbons (Fsp3) is 0.190. The van der Waals surface area contributed by atoms with Crippen LogP contribution in [0.5, 0.6) is 0 Å². The van der Waals surface area contributed by atoms with Crippen LogP contribution in [0.1, 0.15) is 34.7 Å². The molecule has 1 atom stereocenters. The SMILES string of the molecule is CCOC(=O)c1cc(-c2ccccc2)sc1NC(=O)C(C)OC(=O)c1nccnc1N. The molecule has 0 bridgehead atoms. The van der Waals surface area contributed by atoms with Crippen molar-refractivity contribution in [1.82, 2.24) is 9.97 Å². The molecule has 2 aromatic heterocycles. The zero-order valence-electron chi connectivity index (χ0n) is 16.8. The fourth-order valence-electron chi connectivity index (χ4n) is 2.58. The maximum atomic E-state index is 12.6. The standard InChI is InChI=1S/C21H20N4O5S/c1-3-29-20(27)14-11-15(13-7-5-4-6-8-13)31-19(14)25-18(26)12(2)30-21(28)16-17(22)24-10-9-23-16/h4-12H,3H2,1-2H3,(H2,22,24)(H,25,26). The van der Waals surface area contributed by atoms with E-state index >= 15 is 0 Å². The first-order valence-electron chi connectivity index (χ1n) is 9.35. The van der Waals surface area contributed by atoms with Crippen molar-refractivity contribution in [3.63, 3.8) is 0 Å². The van der Waals surface area contributed by atoms with Crippen molar-refractivity contribution >= 4 is 40.0 Å². The predicted octanol–water partition coefficient (Wildman–Crippen LogP) is 3.15. The molecule has 0 saturated carbocycles. The van der Waals surface area contributed by atoms with Crippen molar-refractivity contribution in [3.8, 4) is 10.4 Å². The first-order chi connectivity index (χ1) is 14.9. The molecule has 10 heteroatoms. The van der Waals surface area contributed by atoms with Crippen molar-refractivity contribution in [1.29, 1.82) is 0 Å². The minimum Gasteiger partial charge on any atom is -0.462 e. The monoisotopic (exact) mass is 440 g/mol. The number of thiophene rings is 1. The molecule has 31 heavy (non-hydrogen) atoms. The van der Waals surface area contributed by atoms with Gasteiger partial charge >= 0.3 is 11.9 Å². The maximum absolute atomic E-state index is 12.6. The van der Waals surface area contributed by atoms with E-state index in [-0.39, 0.29) is 23.7 Å². The van der Waals surface area contributed by atoms with Crippen molar-refractivity contribution in [2.24, 2.45) is 0 Å². The molecule has 0 spiro atoms. The molecule has 0 saturated heterocycles. The van der Waals surface area contributed by atoms with Crippen LogP contribution in [0.25, 0.3) is 10.4 Å². The number of hydrogen-bond donors (Lipinski definition) is 2. The second-order valence-corrected chi connectivity index (χ2v) is 7.32. The zero-order chi connectivity index (χ0) is 22.4. The van der Waals surface area contributed by atoms with Crippen LogP contribution in [0.4, 0.5) is 10.8 Å². The van der Waals surface area contributed by atoms with Crippen LogP contribution in [-0.4, -0.2) is 40.5 Å². The summed E-state index contributed by atoms with van der Waals surface area (Å²) in [6.45, 7) is 3.28. The van der Waals surface area contributed by atoms with Gasteiger partial charge in [0.15, 0.2) is 17.6 Å². The normalized spacial score (nSPS) is 11.4. The Morgan fingerprint density at radius 1 is 1.13 bits per heavy atom. The summed E-state index contributed by atoms with van der Waals surface area (Å²) < 4.78 is 10.2. The number of esters is 2. The molecular weight excluding hydrogens is 420 g/mol. The van der Waals surface area contributed by atoms with Crippen molar-refractivity contribution in [2.75, 3.05) is 17.7 Å². The number of ether oxygens (including phenoxy) is 2. The zero-order valence-corrected chi connectivity index (χ0v) is 17.6. The van der Waals surface area contributed by atoms with Gasteiger partial charge in [-0.2, -0.15) is 0 Å². The number of aromatic nitrogens is 2. The van der Waals surface area contributed by atoms with Gasteiger partial charge in [-0.1, -0.05) is 30.3 Å². The Balaban J connectivity index is 1.79. The number of amides is 1. The highest BCUT2D eigenvalue weighted by molar-refractivity contribution is 7.20. The summed E-state index contributed by atoms with van der Waals surface area (Å²) in [7, 11) is 0. The largest absolute Gasteiger partial charge is 0.462 e. The molecular formula is C21H20N4O5S. The molecule has 3 N–H and O–H groups in total. The third kappa shape index (κ3) is 5.23. The minimum absolute atomic E-state index is 0.101. The molecule has 0 fully saturated rings. The van der Waals surface area contributed by atoms with Crippen LogP contribution in [-0.2, 0) is 14.3 Å². The Hall–Kier alpha value is -3.79. The third-order valence-electron chi connectivity index (χ3n) is 4.10. The third-order valence-corrected chi connectivity index (χ3v) is 5.19. The van der Waals surface area contributed by atoms with E-state index in [0.717, 1.165) is 10.4 Å². The van der Waals surface area contributed by atoms with Gasteiger partial charge in [-0.25, -0.2) is 19.6 Å². The molecule has 0 aliphatic heterocycles. The van der Waals surface area contributed by atoms with E-state index in [0.29, 0.717) is 5.00 Å². The lowest BCUT2D eigenvalue weighted by Crippen LogP contribution is -2.30. The molecule has 160 valence electrons. The van der Waals surface area contributed by atoms with Crippen LogP contribution in [0.2, 0.25) is 0 Å². The predicted molar refractivity (Wildman–Crippen MR) is 116 cm³/mol. The van der Waals surface area contributed by atoms with Gasteiger partial charge in [0.05, 0.1) is 12.2 Å². The minimum atomic E-state index is -1.17. The number of hydrogen-bond acceptors (Lipinski definition) is 9. The molecule has 3 rings (SSSR count). The lowest BCUT2D eigenvalue weighted by molar-refractivity contribution is -0.123. The summed E-state index contributed by atoms with van der Waals surface area (Å²) >= 11 is 1.21. The van der Waals surface area contributed by atoms with Gasteiger partial charge in [0.2, 0.25) is 0 Å². The quantitative estimate of drug-likeness (QED) is 0.535. The topological polar surface area (TPSA) is 134 Å². The molecule has 1 amide bonds. The Bertz CT molecular complexity index is 1100. The van der Waals surface area contributed by atoms with E-state index in [2.05, 4.69) is 15.3 Å². The number of nitrogens with two attached hydrogens (primary N) is 1. The number of carbonyl (C=O) groups excluding carboxylic acids is 3. The average molecular weight is 440 g/mol. The van der Waals surface area contributed by atoms with Crippen LogP contribution in [0.3, 0.4) is 0 Å². The van der Waals surface area contributed by atoms with Crippen LogP contribution < -0.4 is 11.1 Å². The Labute approximate surface area is 182 Å². The first kappa shape index (κ1) is 21.9. The summed E-state index contributed by atoms with van der Waals surface area (Å²) in [6, 6.07) is 11.1. The highest BCUT2D eigenvalue weighted by atomic mass is 32.1.